The smallest absolute Gasteiger partial charge is 0.142 e. The van der Waals surface area contributed by atoms with Crippen molar-refractivity contribution in [1.29, 1.82) is 0 Å². The standard InChI is InChI=1S/C15H16O2P/c1-2-17-18(16)15-10-8-14(9-11-15)12-13-6-4-3-5-7-13/h3-11H,2,12H2,1H3/q+1. The molecule has 0 radical (unpaired) electrons. The molecule has 0 aromatic heterocycles. The van der Waals surface area contributed by atoms with Crippen LogP contribution in [0.25, 0.3) is 0 Å². The van der Waals surface area contributed by atoms with Crippen LogP contribution in [0.2, 0.25) is 0 Å². The highest BCUT2D eigenvalue weighted by Crippen LogP contribution is 2.21. The van der Waals surface area contributed by atoms with Crippen LogP contribution < -0.4 is 5.30 Å². The monoisotopic (exact) mass is 259 g/mol. The molecular formula is C15H16O2P+. The van der Waals surface area contributed by atoms with Crippen molar-refractivity contribution in [3.8, 4) is 0 Å². The fraction of sp³-hybridized carbons (Fsp3) is 0.200. The lowest BCUT2D eigenvalue weighted by Crippen LogP contribution is -1.99. The van der Waals surface area contributed by atoms with Gasteiger partial charge in [0, 0.05) is 0 Å². The number of benzene rings is 2. The van der Waals surface area contributed by atoms with E-state index in [-0.39, 0.29) is 0 Å². The van der Waals surface area contributed by atoms with Gasteiger partial charge in [-0.3, -0.25) is 0 Å². The summed E-state index contributed by atoms with van der Waals surface area (Å²) in [5.74, 6) is 0. The summed E-state index contributed by atoms with van der Waals surface area (Å²) in [5.41, 5.74) is 2.49. The average Bonchev–Trinajstić information content (AvgIpc) is 2.41. The second-order valence-corrected chi connectivity index (χ2v) is 5.29. The molecular weight excluding hydrogens is 243 g/mol. The highest BCUT2D eigenvalue weighted by atomic mass is 31.1. The van der Waals surface area contributed by atoms with E-state index in [0.29, 0.717) is 6.61 Å². The fourth-order valence-corrected chi connectivity index (χ4v) is 2.53. The van der Waals surface area contributed by atoms with Crippen molar-refractivity contribution in [2.75, 3.05) is 6.61 Å². The van der Waals surface area contributed by atoms with Crippen LogP contribution in [0.5, 0.6) is 0 Å². The van der Waals surface area contributed by atoms with E-state index in [0.717, 1.165) is 11.7 Å². The van der Waals surface area contributed by atoms with Gasteiger partial charge in [0.25, 0.3) is 0 Å². The lowest BCUT2D eigenvalue weighted by molar-refractivity contribution is 0.357. The van der Waals surface area contributed by atoms with E-state index < -0.39 is 8.03 Å². The van der Waals surface area contributed by atoms with Gasteiger partial charge in [0.1, 0.15) is 6.61 Å². The molecule has 18 heavy (non-hydrogen) atoms. The highest BCUT2D eigenvalue weighted by molar-refractivity contribution is 7.48. The molecule has 0 aliphatic heterocycles. The molecule has 0 saturated carbocycles. The molecule has 0 aliphatic carbocycles. The summed E-state index contributed by atoms with van der Waals surface area (Å²) in [4.78, 5) is 0. The maximum atomic E-state index is 11.6. The van der Waals surface area contributed by atoms with Crippen molar-refractivity contribution < 1.29 is 9.09 Å². The molecule has 0 fully saturated rings. The second-order valence-electron chi connectivity index (χ2n) is 4.00. The maximum absolute atomic E-state index is 11.6. The van der Waals surface area contributed by atoms with Gasteiger partial charge >= 0.3 is 8.03 Å². The van der Waals surface area contributed by atoms with E-state index in [1.807, 2.05) is 49.4 Å². The van der Waals surface area contributed by atoms with Crippen molar-refractivity contribution in [3.05, 3.63) is 65.7 Å². The Balaban J connectivity index is 2.06. The van der Waals surface area contributed by atoms with Crippen molar-refractivity contribution in [2.45, 2.75) is 13.3 Å². The first-order chi connectivity index (χ1) is 8.79. The fourth-order valence-electron chi connectivity index (χ4n) is 1.76. The third-order valence-corrected chi connectivity index (χ3v) is 3.86. The summed E-state index contributed by atoms with van der Waals surface area (Å²) in [6.07, 6.45) is 0.895. The van der Waals surface area contributed by atoms with E-state index in [4.69, 9.17) is 4.52 Å². The predicted octanol–water partition coefficient (Wildman–Crippen LogP) is 3.68. The Kier molecular flexibility index (Phi) is 4.63. The summed E-state index contributed by atoms with van der Waals surface area (Å²) in [6.45, 7) is 2.32. The molecule has 1 unspecified atom stereocenters. The molecule has 2 aromatic carbocycles. The quantitative estimate of drug-likeness (QED) is 0.765. The van der Waals surface area contributed by atoms with Crippen LogP contribution in [-0.4, -0.2) is 6.61 Å². The summed E-state index contributed by atoms with van der Waals surface area (Å²) >= 11 is 0. The number of hydrogen-bond acceptors (Lipinski definition) is 2. The van der Waals surface area contributed by atoms with Crippen molar-refractivity contribution >= 4 is 13.3 Å². The Bertz CT molecular complexity index is 506. The molecule has 2 nitrogen and oxygen atoms in total. The number of rotatable bonds is 5. The predicted molar refractivity (Wildman–Crippen MR) is 74.6 cm³/mol. The van der Waals surface area contributed by atoms with Crippen LogP contribution in [0.1, 0.15) is 18.1 Å². The third-order valence-electron chi connectivity index (χ3n) is 2.64. The Morgan fingerprint density at radius 3 is 2.17 bits per heavy atom. The van der Waals surface area contributed by atoms with Crippen LogP contribution in [0.15, 0.2) is 54.6 Å². The van der Waals surface area contributed by atoms with Crippen LogP contribution in [0.4, 0.5) is 0 Å². The first-order valence-corrected chi connectivity index (χ1v) is 7.20. The molecule has 0 heterocycles. The van der Waals surface area contributed by atoms with Gasteiger partial charge in [0.15, 0.2) is 0 Å². The van der Waals surface area contributed by atoms with Gasteiger partial charge < -0.3 is 0 Å². The van der Waals surface area contributed by atoms with Gasteiger partial charge in [0.05, 0.1) is 0 Å². The van der Waals surface area contributed by atoms with E-state index in [1.165, 1.54) is 11.1 Å². The average molecular weight is 259 g/mol. The second kappa shape index (κ2) is 6.44. The SMILES string of the molecule is CCO[P+](=O)c1ccc(Cc2ccccc2)cc1. The molecule has 0 spiro atoms. The minimum Gasteiger partial charge on any atom is -0.142 e. The van der Waals surface area contributed by atoms with E-state index >= 15 is 0 Å². The molecule has 0 N–H and O–H groups in total. The van der Waals surface area contributed by atoms with Crippen molar-refractivity contribution in [3.63, 3.8) is 0 Å². The molecule has 0 aliphatic rings. The zero-order valence-corrected chi connectivity index (χ0v) is 11.3. The van der Waals surface area contributed by atoms with E-state index in [1.54, 1.807) is 0 Å². The van der Waals surface area contributed by atoms with Crippen LogP contribution >= 0.6 is 8.03 Å². The van der Waals surface area contributed by atoms with Crippen molar-refractivity contribution in [2.24, 2.45) is 0 Å². The molecule has 1 atom stereocenters. The molecule has 92 valence electrons. The van der Waals surface area contributed by atoms with Gasteiger partial charge in [-0.1, -0.05) is 42.5 Å². The maximum Gasteiger partial charge on any atom is 0.548 e. The molecule has 0 amide bonds. The zero-order valence-electron chi connectivity index (χ0n) is 10.4. The van der Waals surface area contributed by atoms with Crippen molar-refractivity contribution in [1.82, 2.24) is 0 Å². The largest absolute Gasteiger partial charge is 0.548 e. The molecule has 0 bridgehead atoms. The van der Waals surface area contributed by atoms with Gasteiger partial charge in [-0.15, -0.1) is 4.52 Å². The molecule has 2 rings (SSSR count). The van der Waals surface area contributed by atoms with Gasteiger partial charge in [-0.05, 0) is 41.2 Å². The normalized spacial score (nSPS) is 11.3. The zero-order chi connectivity index (χ0) is 12.8. The Morgan fingerprint density at radius 2 is 1.56 bits per heavy atom. The Hall–Kier alpha value is -1.50. The summed E-state index contributed by atoms with van der Waals surface area (Å²) < 4.78 is 16.7. The van der Waals surface area contributed by atoms with Crippen LogP contribution in [0, 0.1) is 0 Å². The lowest BCUT2D eigenvalue weighted by Gasteiger charge is -2.00. The first kappa shape index (κ1) is 12.9. The molecule has 2 aromatic rings. The topological polar surface area (TPSA) is 26.3 Å². The molecule has 0 saturated heterocycles. The molecule has 3 heteroatoms. The van der Waals surface area contributed by atoms with E-state index in [2.05, 4.69) is 12.1 Å². The minimum atomic E-state index is -1.70. The van der Waals surface area contributed by atoms with Gasteiger partial charge in [-0.2, -0.15) is 0 Å². The first-order valence-electron chi connectivity index (χ1n) is 6.02. The highest BCUT2D eigenvalue weighted by Gasteiger charge is 2.20. The van der Waals surface area contributed by atoms with Crippen LogP contribution in [-0.2, 0) is 15.5 Å². The summed E-state index contributed by atoms with van der Waals surface area (Å²) in [7, 11) is -1.70. The Morgan fingerprint density at radius 1 is 0.944 bits per heavy atom. The number of hydrogen-bond donors (Lipinski definition) is 0. The van der Waals surface area contributed by atoms with E-state index in [9.17, 15) is 4.57 Å². The van der Waals surface area contributed by atoms with Crippen LogP contribution in [0.3, 0.4) is 0 Å². The minimum absolute atomic E-state index is 0.473. The Labute approximate surface area is 108 Å². The third kappa shape index (κ3) is 3.49. The summed E-state index contributed by atoms with van der Waals surface area (Å²) in [5, 5.41) is 0.753. The lowest BCUT2D eigenvalue weighted by atomic mass is 10.1. The summed E-state index contributed by atoms with van der Waals surface area (Å²) in [6, 6.07) is 18.1. The van der Waals surface area contributed by atoms with Gasteiger partial charge in [-0.25, -0.2) is 0 Å². The van der Waals surface area contributed by atoms with Gasteiger partial charge in [0.2, 0.25) is 5.30 Å².